The fourth-order valence-corrected chi connectivity index (χ4v) is 2.35. The van der Waals surface area contributed by atoms with Gasteiger partial charge in [-0.1, -0.05) is 22.0 Å². The lowest BCUT2D eigenvalue weighted by molar-refractivity contribution is 1.09. The van der Waals surface area contributed by atoms with Crippen molar-refractivity contribution in [1.82, 2.24) is 9.55 Å². The molecule has 0 atom stereocenters. The fourth-order valence-electron chi connectivity index (χ4n) is 2.00. The van der Waals surface area contributed by atoms with Crippen molar-refractivity contribution < 1.29 is 0 Å². The molecule has 3 nitrogen and oxygen atoms in total. The second-order valence-electron chi connectivity index (χ2n) is 4.05. The van der Waals surface area contributed by atoms with Gasteiger partial charge in [-0.2, -0.15) is 0 Å². The molecule has 1 N–H and O–H groups in total. The third-order valence-electron chi connectivity index (χ3n) is 2.92. The van der Waals surface area contributed by atoms with Gasteiger partial charge in [0.1, 0.15) is 6.33 Å². The number of hydrogen-bond donors (Lipinski definition) is 1. The Balaban J connectivity index is 2.21. The van der Waals surface area contributed by atoms with Crippen LogP contribution in [0.2, 0.25) is 0 Å². The average Bonchev–Trinajstić information content (AvgIpc) is 2.81. The summed E-state index contributed by atoms with van der Waals surface area (Å²) >= 11 is 3.50. The van der Waals surface area contributed by atoms with Crippen LogP contribution in [0.3, 0.4) is 0 Å². The van der Waals surface area contributed by atoms with Crippen molar-refractivity contribution in [3.63, 3.8) is 0 Å². The SMILES string of the molecule is CNc1cccc(-n2cnc3ccc(Br)cc32)c1. The predicted octanol–water partition coefficient (Wildman–Crippen LogP) is 3.83. The Kier molecular flexibility index (Phi) is 2.80. The van der Waals surface area contributed by atoms with Gasteiger partial charge < -0.3 is 5.32 Å². The van der Waals surface area contributed by atoms with E-state index >= 15 is 0 Å². The lowest BCUT2D eigenvalue weighted by Gasteiger charge is -2.07. The maximum atomic E-state index is 4.41. The molecule has 0 saturated heterocycles. The van der Waals surface area contributed by atoms with E-state index in [4.69, 9.17) is 0 Å². The number of fused-ring (bicyclic) bond motifs is 1. The van der Waals surface area contributed by atoms with E-state index in [0.29, 0.717) is 0 Å². The zero-order valence-electron chi connectivity index (χ0n) is 9.89. The first kappa shape index (κ1) is 11.3. The third-order valence-corrected chi connectivity index (χ3v) is 3.42. The highest BCUT2D eigenvalue weighted by atomic mass is 79.9. The zero-order valence-corrected chi connectivity index (χ0v) is 11.5. The van der Waals surface area contributed by atoms with Crippen molar-refractivity contribution in [1.29, 1.82) is 0 Å². The molecule has 90 valence electrons. The van der Waals surface area contributed by atoms with Gasteiger partial charge in [0.15, 0.2) is 0 Å². The molecular formula is C14H12BrN3. The lowest BCUT2D eigenvalue weighted by Crippen LogP contribution is -1.94. The van der Waals surface area contributed by atoms with Crippen LogP contribution in [-0.2, 0) is 0 Å². The molecule has 18 heavy (non-hydrogen) atoms. The summed E-state index contributed by atoms with van der Waals surface area (Å²) < 4.78 is 3.14. The number of nitrogens with one attached hydrogen (secondary N) is 1. The molecule has 2 aromatic carbocycles. The number of aromatic nitrogens is 2. The summed E-state index contributed by atoms with van der Waals surface area (Å²) in [6.07, 6.45) is 1.85. The van der Waals surface area contributed by atoms with E-state index in [-0.39, 0.29) is 0 Å². The number of halogens is 1. The van der Waals surface area contributed by atoms with Gasteiger partial charge in [-0.3, -0.25) is 4.57 Å². The van der Waals surface area contributed by atoms with Crippen LogP contribution >= 0.6 is 15.9 Å². The highest BCUT2D eigenvalue weighted by Gasteiger charge is 2.05. The number of nitrogens with zero attached hydrogens (tertiary/aromatic N) is 2. The Bertz CT molecular complexity index is 703. The van der Waals surface area contributed by atoms with Crippen LogP contribution < -0.4 is 5.32 Å². The molecule has 4 heteroatoms. The van der Waals surface area contributed by atoms with Crippen LogP contribution in [0.5, 0.6) is 0 Å². The summed E-state index contributed by atoms with van der Waals surface area (Å²) in [7, 11) is 1.92. The zero-order chi connectivity index (χ0) is 12.5. The normalized spacial score (nSPS) is 10.8. The van der Waals surface area contributed by atoms with E-state index < -0.39 is 0 Å². The maximum absolute atomic E-state index is 4.41. The van der Waals surface area contributed by atoms with Crippen molar-refractivity contribution in [2.75, 3.05) is 12.4 Å². The molecule has 0 spiro atoms. The van der Waals surface area contributed by atoms with Crippen molar-refractivity contribution >= 4 is 32.7 Å². The molecule has 1 heterocycles. The second kappa shape index (κ2) is 4.46. The number of anilines is 1. The van der Waals surface area contributed by atoms with Gasteiger partial charge in [-0.05, 0) is 36.4 Å². The van der Waals surface area contributed by atoms with Crippen LogP contribution in [0.15, 0.2) is 53.3 Å². The molecule has 3 rings (SSSR count). The largest absolute Gasteiger partial charge is 0.388 e. The van der Waals surface area contributed by atoms with E-state index in [1.54, 1.807) is 0 Å². The van der Waals surface area contributed by atoms with E-state index in [2.05, 4.69) is 49.0 Å². The van der Waals surface area contributed by atoms with Crippen LogP contribution in [-0.4, -0.2) is 16.6 Å². The number of rotatable bonds is 2. The molecule has 0 unspecified atom stereocenters. The summed E-state index contributed by atoms with van der Waals surface area (Å²) in [4.78, 5) is 4.41. The molecular weight excluding hydrogens is 290 g/mol. The smallest absolute Gasteiger partial charge is 0.100 e. The summed E-state index contributed by atoms with van der Waals surface area (Å²) in [5.41, 5.74) is 4.28. The van der Waals surface area contributed by atoms with Crippen LogP contribution in [0.1, 0.15) is 0 Å². The van der Waals surface area contributed by atoms with E-state index in [0.717, 1.165) is 26.9 Å². The summed E-state index contributed by atoms with van der Waals surface area (Å²) in [5, 5.41) is 3.15. The highest BCUT2D eigenvalue weighted by Crippen LogP contribution is 2.23. The summed E-state index contributed by atoms with van der Waals surface area (Å²) in [5.74, 6) is 0. The van der Waals surface area contributed by atoms with Crippen molar-refractivity contribution in [2.24, 2.45) is 0 Å². The van der Waals surface area contributed by atoms with E-state index in [1.807, 2.05) is 37.6 Å². The Labute approximate surface area is 114 Å². The van der Waals surface area contributed by atoms with Crippen LogP contribution in [0, 0.1) is 0 Å². The van der Waals surface area contributed by atoms with Crippen LogP contribution in [0.4, 0.5) is 5.69 Å². The number of benzene rings is 2. The standard InChI is InChI=1S/C14H12BrN3/c1-16-11-3-2-4-12(8-11)18-9-17-13-6-5-10(15)7-14(13)18/h2-9,16H,1H3. The van der Waals surface area contributed by atoms with Gasteiger partial charge in [0.25, 0.3) is 0 Å². The molecule has 3 aromatic rings. The Morgan fingerprint density at radius 3 is 2.89 bits per heavy atom. The third kappa shape index (κ3) is 1.88. The lowest BCUT2D eigenvalue weighted by atomic mass is 10.2. The minimum absolute atomic E-state index is 0.994. The van der Waals surface area contributed by atoms with Gasteiger partial charge in [-0.15, -0.1) is 0 Å². The molecule has 1 aromatic heterocycles. The summed E-state index contributed by atoms with van der Waals surface area (Å²) in [6.45, 7) is 0. The number of hydrogen-bond acceptors (Lipinski definition) is 2. The van der Waals surface area contributed by atoms with Crippen LogP contribution in [0.25, 0.3) is 16.7 Å². The Hall–Kier alpha value is -1.81. The molecule has 0 aliphatic rings. The van der Waals surface area contributed by atoms with Gasteiger partial charge in [-0.25, -0.2) is 4.98 Å². The Morgan fingerprint density at radius 2 is 2.06 bits per heavy atom. The first-order valence-corrected chi connectivity index (χ1v) is 6.48. The molecule has 0 bridgehead atoms. The second-order valence-corrected chi connectivity index (χ2v) is 4.96. The van der Waals surface area contributed by atoms with E-state index in [9.17, 15) is 0 Å². The van der Waals surface area contributed by atoms with Gasteiger partial charge in [0.2, 0.25) is 0 Å². The maximum Gasteiger partial charge on any atom is 0.100 e. The van der Waals surface area contributed by atoms with Crippen molar-refractivity contribution in [3.8, 4) is 5.69 Å². The molecule has 0 saturated carbocycles. The predicted molar refractivity (Wildman–Crippen MR) is 78.3 cm³/mol. The quantitative estimate of drug-likeness (QED) is 0.779. The fraction of sp³-hybridized carbons (Fsp3) is 0.0714. The number of imidazole rings is 1. The van der Waals surface area contributed by atoms with Crippen molar-refractivity contribution in [3.05, 3.63) is 53.3 Å². The topological polar surface area (TPSA) is 29.9 Å². The monoisotopic (exact) mass is 301 g/mol. The first-order valence-electron chi connectivity index (χ1n) is 5.69. The first-order chi connectivity index (χ1) is 8.78. The van der Waals surface area contributed by atoms with Gasteiger partial charge >= 0.3 is 0 Å². The average molecular weight is 302 g/mol. The highest BCUT2D eigenvalue weighted by molar-refractivity contribution is 9.10. The summed E-state index contributed by atoms with van der Waals surface area (Å²) in [6, 6.07) is 14.3. The van der Waals surface area contributed by atoms with Crippen molar-refractivity contribution in [2.45, 2.75) is 0 Å². The van der Waals surface area contributed by atoms with Gasteiger partial charge in [0.05, 0.1) is 11.0 Å². The Morgan fingerprint density at radius 1 is 1.17 bits per heavy atom. The molecule has 0 amide bonds. The van der Waals surface area contributed by atoms with E-state index in [1.165, 1.54) is 0 Å². The molecule has 0 fully saturated rings. The minimum Gasteiger partial charge on any atom is -0.388 e. The molecule has 0 aliphatic heterocycles. The molecule has 0 radical (unpaired) electrons. The van der Waals surface area contributed by atoms with Gasteiger partial charge in [0, 0.05) is 22.9 Å². The molecule has 0 aliphatic carbocycles. The minimum atomic E-state index is 0.994.